The second-order valence-electron chi connectivity index (χ2n) is 10.8. The second kappa shape index (κ2) is 11.7. The van der Waals surface area contributed by atoms with Gasteiger partial charge < -0.3 is 19.8 Å². The van der Waals surface area contributed by atoms with Crippen LogP contribution in [-0.4, -0.2) is 77.0 Å². The van der Waals surface area contributed by atoms with Gasteiger partial charge in [-0.15, -0.1) is 0 Å². The summed E-state index contributed by atoms with van der Waals surface area (Å²) in [5.74, 6) is -3.27. The number of phenols is 2. The van der Waals surface area contributed by atoms with Crippen molar-refractivity contribution in [2.45, 2.75) is 25.3 Å². The van der Waals surface area contributed by atoms with Crippen molar-refractivity contribution in [1.29, 1.82) is 0 Å². The summed E-state index contributed by atoms with van der Waals surface area (Å²) in [6.07, 6.45) is 0.205. The van der Waals surface area contributed by atoms with E-state index in [9.17, 15) is 29.0 Å². The van der Waals surface area contributed by atoms with Gasteiger partial charge in [-0.25, -0.2) is 9.18 Å². The number of nitrogens with zero attached hydrogens (tertiary/aromatic N) is 2. The van der Waals surface area contributed by atoms with Crippen molar-refractivity contribution in [3.63, 3.8) is 0 Å². The maximum atomic E-state index is 14.9. The normalized spacial score (nSPS) is 21.5. The van der Waals surface area contributed by atoms with Crippen LogP contribution in [0, 0.1) is 24.6 Å². The lowest BCUT2D eigenvalue weighted by Gasteiger charge is -2.45. The summed E-state index contributed by atoms with van der Waals surface area (Å²) >= 11 is 0. The van der Waals surface area contributed by atoms with Crippen LogP contribution in [0.15, 0.2) is 66.7 Å². The van der Waals surface area contributed by atoms with Crippen LogP contribution in [0.5, 0.6) is 11.5 Å². The van der Waals surface area contributed by atoms with Crippen molar-refractivity contribution in [3.8, 4) is 11.5 Å². The smallest absolute Gasteiger partial charge is 0.409 e. The molecule has 0 radical (unpaired) electrons. The highest BCUT2D eigenvalue weighted by atomic mass is 19.1. The number of phenolic OH excluding ortho intramolecular Hbond substituents is 2. The molecule has 3 aromatic carbocycles. The van der Waals surface area contributed by atoms with Gasteiger partial charge in [-0.3, -0.25) is 14.5 Å². The van der Waals surface area contributed by atoms with Gasteiger partial charge in [-0.2, -0.15) is 0 Å². The van der Waals surface area contributed by atoms with Crippen LogP contribution >= 0.6 is 0 Å². The molecule has 3 aromatic rings. The molecule has 2 fully saturated rings. The number of ether oxygens (including phenoxy) is 1. The van der Waals surface area contributed by atoms with Gasteiger partial charge in [0.15, 0.2) is 11.6 Å². The number of halogens is 1. The quantitative estimate of drug-likeness (QED) is 0.418. The minimum absolute atomic E-state index is 0.0566. The first-order valence-electron chi connectivity index (χ1n) is 13.7. The molecule has 2 heterocycles. The number of hydrogen-bond acceptors (Lipinski definition) is 7. The minimum Gasteiger partial charge on any atom is -0.508 e. The molecule has 1 amide bonds. The van der Waals surface area contributed by atoms with Crippen LogP contribution < -0.4 is 0 Å². The van der Waals surface area contributed by atoms with Crippen LogP contribution in [0.3, 0.4) is 0 Å². The van der Waals surface area contributed by atoms with E-state index in [0.717, 1.165) is 0 Å². The molecular formula is C32H33FN2O6. The standard InChI is InChI=1S/C32H33FN2O6/c1-19-25(10-5-11-28(19)33)29-26(30(38)20-6-3-8-23(36)14-20)17-35(22-12-13-34(16-22)32(40)41-2)18-27(29)31(39)21-7-4-9-24(37)15-21/h3-11,14-15,22,26-27,29,36-37H,12-13,16-18H2,1-2H3/t22?,26-,27-/m0/s1. The number of piperidine rings is 1. The third-order valence-electron chi connectivity index (χ3n) is 8.45. The number of carbonyl (C=O) groups is 3. The van der Waals surface area contributed by atoms with Crippen molar-refractivity contribution in [2.24, 2.45) is 11.8 Å². The molecule has 0 saturated carbocycles. The molecule has 0 spiro atoms. The summed E-state index contributed by atoms with van der Waals surface area (Å²) in [6.45, 7) is 3.07. The SMILES string of the molecule is COC(=O)N1CCC(N2C[C@H](C(=O)c3cccc(O)c3)C(c3cccc(F)c3C)[C@@H](C(=O)c3cccc(O)c3)C2)C1. The van der Waals surface area contributed by atoms with Crippen molar-refractivity contribution < 1.29 is 33.7 Å². The molecule has 214 valence electrons. The monoisotopic (exact) mass is 560 g/mol. The molecule has 0 bridgehead atoms. The number of Topliss-reactive ketones (excluding diaryl/α,β-unsaturated/α-hetero) is 2. The van der Waals surface area contributed by atoms with Crippen molar-refractivity contribution in [2.75, 3.05) is 33.3 Å². The average molecular weight is 561 g/mol. The predicted octanol–water partition coefficient (Wildman–Crippen LogP) is 4.78. The summed E-state index contributed by atoms with van der Waals surface area (Å²) < 4.78 is 19.8. The molecule has 8 nitrogen and oxygen atoms in total. The van der Waals surface area contributed by atoms with Gasteiger partial charge in [0.25, 0.3) is 0 Å². The van der Waals surface area contributed by atoms with E-state index in [1.807, 2.05) is 0 Å². The number of benzene rings is 3. The summed E-state index contributed by atoms with van der Waals surface area (Å²) in [5, 5.41) is 20.3. The number of rotatable bonds is 6. The maximum absolute atomic E-state index is 14.9. The molecule has 1 unspecified atom stereocenters. The highest BCUT2D eigenvalue weighted by Crippen LogP contribution is 2.43. The lowest BCUT2D eigenvalue weighted by Crippen LogP contribution is -2.54. The molecule has 2 saturated heterocycles. The van der Waals surface area contributed by atoms with E-state index in [0.29, 0.717) is 41.8 Å². The zero-order valence-electron chi connectivity index (χ0n) is 23.0. The number of ketones is 2. The number of aromatic hydroxyl groups is 2. The van der Waals surface area contributed by atoms with E-state index in [-0.39, 0.29) is 42.2 Å². The van der Waals surface area contributed by atoms with Gasteiger partial charge >= 0.3 is 6.09 Å². The van der Waals surface area contributed by atoms with Crippen molar-refractivity contribution >= 4 is 17.7 Å². The van der Waals surface area contributed by atoms with E-state index in [1.54, 1.807) is 48.2 Å². The highest BCUT2D eigenvalue weighted by Gasteiger charge is 2.48. The number of methoxy groups -OCH3 is 1. The Hall–Kier alpha value is -4.24. The zero-order chi connectivity index (χ0) is 29.3. The Morgan fingerprint density at radius 1 is 0.854 bits per heavy atom. The van der Waals surface area contributed by atoms with Gasteiger partial charge in [0.05, 0.1) is 7.11 Å². The molecule has 41 heavy (non-hydrogen) atoms. The largest absolute Gasteiger partial charge is 0.508 e. The van der Waals surface area contributed by atoms with Crippen LogP contribution in [0.4, 0.5) is 9.18 Å². The van der Waals surface area contributed by atoms with Gasteiger partial charge in [0.1, 0.15) is 17.3 Å². The first-order chi connectivity index (χ1) is 19.7. The summed E-state index contributed by atoms with van der Waals surface area (Å²) in [4.78, 5) is 44.3. The summed E-state index contributed by atoms with van der Waals surface area (Å²) in [7, 11) is 1.33. The fourth-order valence-electron chi connectivity index (χ4n) is 6.38. The lowest BCUT2D eigenvalue weighted by molar-refractivity contribution is 0.0457. The van der Waals surface area contributed by atoms with Crippen LogP contribution in [-0.2, 0) is 4.74 Å². The Morgan fingerprint density at radius 3 is 1.95 bits per heavy atom. The van der Waals surface area contributed by atoms with Crippen molar-refractivity contribution in [1.82, 2.24) is 9.80 Å². The molecule has 2 aliphatic rings. The summed E-state index contributed by atoms with van der Waals surface area (Å²) in [6, 6.07) is 16.8. The van der Waals surface area contributed by atoms with E-state index in [4.69, 9.17) is 4.74 Å². The molecule has 0 aromatic heterocycles. The van der Waals surface area contributed by atoms with Gasteiger partial charge in [-0.1, -0.05) is 36.4 Å². The molecule has 3 atom stereocenters. The number of hydrogen-bond donors (Lipinski definition) is 2. The minimum atomic E-state index is -0.760. The third-order valence-corrected chi connectivity index (χ3v) is 8.45. The molecule has 5 rings (SSSR count). The lowest BCUT2D eigenvalue weighted by atomic mass is 9.67. The Morgan fingerprint density at radius 2 is 1.41 bits per heavy atom. The van der Waals surface area contributed by atoms with Crippen LogP contribution in [0.25, 0.3) is 0 Å². The van der Waals surface area contributed by atoms with E-state index in [1.165, 1.54) is 37.4 Å². The van der Waals surface area contributed by atoms with E-state index >= 15 is 0 Å². The van der Waals surface area contributed by atoms with Crippen LogP contribution in [0.1, 0.15) is 44.2 Å². The molecule has 0 aliphatic carbocycles. The highest BCUT2D eigenvalue weighted by molar-refractivity contribution is 6.02. The average Bonchev–Trinajstić information content (AvgIpc) is 3.47. The fraction of sp³-hybridized carbons (Fsp3) is 0.344. The fourth-order valence-corrected chi connectivity index (χ4v) is 6.38. The Bertz CT molecular complexity index is 1410. The van der Waals surface area contributed by atoms with Gasteiger partial charge in [0.2, 0.25) is 0 Å². The van der Waals surface area contributed by atoms with E-state index < -0.39 is 29.7 Å². The van der Waals surface area contributed by atoms with Crippen molar-refractivity contribution in [3.05, 3.63) is 94.8 Å². The second-order valence-corrected chi connectivity index (χ2v) is 10.8. The third kappa shape index (κ3) is 5.67. The zero-order valence-corrected chi connectivity index (χ0v) is 23.0. The maximum Gasteiger partial charge on any atom is 0.409 e. The number of likely N-dealkylation sites (tertiary alicyclic amines) is 2. The Kier molecular flexibility index (Phi) is 8.08. The topological polar surface area (TPSA) is 107 Å². The number of amides is 1. The molecule has 2 aliphatic heterocycles. The van der Waals surface area contributed by atoms with Crippen LogP contribution in [0.2, 0.25) is 0 Å². The first kappa shape index (κ1) is 28.3. The Labute approximate surface area is 238 Å². The summed E-state index contributed by atoms with van der Waals surface area (Å²) in [5.41, 5.74) is 1.53. The van der Waals surface area contributed by atoms with Gasteiger partial charge in [-0.05, 0) is 54.8 Å². The molecule has 9 heteroatoms. The van der Waals surface area contributed by atoms with Gasteiger partial charge in [0, 0.05) is 61.1 Å². The number of carbonyl (C=O) groups excluding carboxylic acids is 3. The molecular weight excluding hydrogens is 527 g/mol. The molecule has 2 N–H and O–H groups in total. The Balaban J connectivity index is 1.62. The predicted molar refractivity (Wildman–Crippen MR) is 150 cm³/mol. The van der Waals surface area contributed by atoms with E-state index in [2.05, 4.69) is 4.90 Å². The first-order valence-corrected chi connectivity index (χ1v) is 13.7.